The van der Waals surface area contributed by atoms with Crippen molar-refractivity contribution >= 4 is 61.7 Å². The molecule has 0 spiro atoms. The summed E-state index contributed by atoms with van der Waals surface area (Å²) in [5.74, 6) is -1.51. The Morgan fingerprint density at radius 2 is 1.66 bits per heavy atom. The number of fused-ring (bicyclic) bond motifs is 6. The summed E-state index contributed by atoms with van der Waals surface area (Å²) in [6.07, 6.45) is 1.83. The number of carbonyl (C=O) groups excluding carboxylic acids is 2. The van der Waals surface area contributed by atoms with Gasteiger partial charge in [0.25, 0.3) is 5.56 Å². The molecule has 1 aliphatic carbocycles. The summed E-state index contributed by atoms with van der Waals surface area (Å²) in [6, 6.07) is 14.7. The molecule has 2 aliphatic heterocycles. The number of aromatic hydroxyl groups is 1. The van der Waals surface area contributed by atoms with Gasteiger partial charge in [0.1, 0.15) is 17.2 Å². The zero-order chi connectivity index (χ0) is 46.0. The zero-order valence-electron chi connectivity index (χ0n) is 36.4. The van der Waals surface area contributed by atoms with Crippen LogP contribution in [0.1, 0.15) is 42.1 Å². The van der Waals surface area contributed by atoms with Crippen molar-refractivity contribution in [2.75, 3.05) is 26.2 Å². The number of nitrogens with zero attached hydrogens (tertiary/aromatic N) is 8. The molecule has 0 bridgehead atoms. The van der Waals surface area contributed by atoms with Crippen LogP contribution in [-0.2, 0) is 43.2 Å². The number of benzene rings is 3. The number of carbonyl (C=O) groups is 2. The SMILES string of the molecule is COc1cc(C2C3=CCn4c(=O)n(CCc5nc6cc(OC)c(OC)cc6n(C)c5=O)c(=O)n4C3CC3C(=O)N(c4cc(-c5sc6ccc(Cl)cc6c5C)nn4C)C(=O)C32C)ccc1O. The molecule has 10 rings (SSSR count). The number of ether oxygens (including phenoxy) is 3. The summed E-state index contributed by atoms with van der Waals surface area (Å²) in [7, 11) is 7.71. The Balaban J connectivity index is 1.05. The van der Waals surface area contributed by atoms with Gasteiger partial charge in [-0.2, -0.15) is 5.10 Å². The van der Waals surface area contributed by atoms with E-state index in [-0.39, 0.29) is 48.9 Å². The third-order valence-corrected chi connectivity index (χ3v) is 15.1. The van der Waals surface area contributed by atoms with E-state index < -0.39 is 52.0 Å². The molecule has 3 aromatic carbocycles. The maximum absolute atomic E-state index is 15.3. The number of phenols is 1. The van der Waals surface area contributed by atoms with Gasteiger partial charge in [-0.05, 0) is 72.7 Å². The van der Waals surface area contributed by atoms with Crippen LogP contribution in [0.15, 0.2) is 80.6 Å². The van der Waals surface area contributed by atoms with Crippen molar-refractivity contribution in [1.29, 1.82) is 0 Å². The summed E-state index contributed by atoms with van der Waals surface area (Å²) in [6.45, 7) is 3.59. The number of hydrogen-bond acceptors (Lipinski definition) is 12. The zero-order valence-corrected chi connectivity index (χ0v) is 38.0. The van der Waals surface area contributed by atoms with Crippen LogP contribution in [0.25, 0.3) is 31.7 Å². The molecule has 7 aromatic rings. The number of aryl methyl sites for hydroxylation is 4. The molecule has 4 unspecified atom stereocenters. The molecule has 1 N–H and O–H groups in total. The van der Waals surface area contributed by atoms with Gasteiger partial charge < -0.3 is 23.9 Å². The Morgan fingerprint density at radius 1 is 0.923 bits per heavy atom. The summed E-state index contributed by atoms with van der Waals surface area (Å²) in [5.41, 5.74) is 0.888. The normalized spacial score (nSPS) is 20.3. The van der Waals surface area contributed by atoms with Gasteiger partial charge in [0, 0.05) is 60.9 Å². The number of aromatic nitrogens is 7. The van der Waals surface area contributed by atoms with E-state index in [1.807, 2.05) is 31.2 Å². The Kier molecular flexibility index (Phi) is 9.76. The van der Waals surface area contributed by atoms with E-state index in [0.29, 0.717) is 44.4 Å². The van der Waals surface area contributed by atoms with Crippen LogP contribution >= 0.6 is 22.9 Å². The van der Waals surface area contributed by atoms with Crippen molar-refractivity contribution in [1.82, 2.24) is 33.3 Å². The summed E-state index contributed by atoms with van der Waals surface area (Å²) in [5, 5.41) is 17.1. The molecule has 19 heteroatoms. The van der Waals surface area contributed by atoms with E-state index in [0.717, 1.165) is 25.1 Å². The molecule has 2 fully saturated rings. The van der Waals surface area contributed by atoms with Crippen LogP contribution in [0.5, 0.6) is 23.0 Å². The van der Waals surface area contributed by atoms with Crippen molar-refractivity contribution in [3.63, 3.8) is 0 Å². The first kappa shape index (κ1) is 42.1. The van der Waals surface area contributed by atoms with Crippen LogP contribution in [0.4, 0.5) is 5.82 Å². The predicted molar refractivity (Wildman–Crippen MR) is 244 cm³/mol. The number of halogens is 1. The molecular weight excluding hydrogens is 876 g/mol. The highest BCUT2D eigenvalue weighted by Crippen LogP contribution is 2.61. The molecule has 17 nitrogen and oxygen atoms in total. The largest absolute Gasteiger partial charge is 0.504 e. The van der Waals surface area contributed by atoms with Gasteiger partial charge in [0.05, 0.1) is 61.2 Å². The number of hydrogen-bond donors (Lipinski definition) is 1. The van der Waals surface area contributed by atoms with Gasteiger partial charge in [0.2, 0.25) is 11.8 Å². The van der Waals surface area contributed by atoms with Crippen LogP contribution < -0.4 is 36.0 Å². The highest BCUT2D eigenvalue weighted by molar-refractivity contribution is 7.22. The number of imide groups is 1. The van der Waals surface area contributed by atoms with Gasteiger partial charge in [-0.3, -0.25) is 19.1 Å². The molecule has 4 atom stereocenters. The summed E-state index contributed by atoms with van der Waals surface area (Å²) in [4.78, 5) is 79.4. The number of anilines is 1. The minimum absolute atomic E-state index is 0.00629. The first-order valence-electron chi connectivity index (χ1n) is 20.8. The van der Waals surface area contributed by atoms with Crippen molar-refractivity contribution in [2.24, 2.45) is 25.4 Å². The van der Waals surface area contributed by atoms with Gasteiger partial charge in [-0.15, -0.1) is 11.3 Å². The van der Waals surface area contributed by atoms with E-state index in [4.69, 9.17) is 30.9 Å². The van der Waals surface area contributed by atoms with Gasteiger partial charge >= 0.3 is 11.4 Å². The van der Waals surface area contributed by atoms with E-state index in [9.17, 15) is 19.5 Å². The van der Waals surface area contributed by atoms with E-state index in [1.165, 1.54) is 62.2 Å². The van der Waals surface area contributed by atoms with Gasteiger partial charge in [-0.25, -0.2) is 33.4 Å². The first-order chi connectivity index (χ1) is 31.1. The lowest BCUT2D eigenvalue weighted by Gasteiger charge is -2.47. The molecule has 3 aliphatic rings. The Labute approximate surface area is 378 Å². The smallest absolute Gasteiger partial charge is 0.347 e. The van der Waals surface area contributed by atoms with Crippen molar-refractivity contribution < 1.29 is 28.9 Å². The molecule has 4 aromatic heterocycles. The van der Waals surface area contributed by atoms with Crippen molar-refractivity contribution in [3.8, 4) is 33.6 Å². The van der Waals surface area contributed by atoms with Gasteiger partial charge in [-0.1, -0.05) is 23.7 Å². The van der Waals surface area contributed by atoms with Crippen LogP contribution in [0.3, 0.4) is 0 Å². The van der Waals surface area contributed by atoms with Crippen LogP contribution in [-0.4, -0.2) is 71.5 Å². The lowest BCUT2D eigenvalue weighted by Crippen LogP contribution is -2.49. The third kappa shape index (κ3) is 6.06. The second kappa shape index (κ2) is 15.1. The lowest BCUT2D eigenvalue weighted by molar-refractivity contribution is -0.129. The standard InChI is InChI=1S/C46H43ClN8O9S/c1-22-26-17-24(47)9-11-37(26)65-40(22)30-20-38(51(4)49-30)54-41(57)27-18-31-25(39(46(27,2)43(54)59)23-8-10-33(56)34(16-23)62-5)12-15-53-44(60)52(45(61)55(31)53)14-13-28-42(58)50(3)32-21-36(64-7)35(63-6)19-29(32)48-28/h8-12,16-17,19-21,27,31,39,56H,13-15,18H2,1-7H3. The minimum atomic E-state index is -1.39. The fourth-order valence-corrected chi connectivity index (χ4v) is 11.6. The number of rotatable bonds is 9. The average molecular weight is 919 g/mol. The van der Waals surface area contributed by atoms with E-state index in [2.05, 4.69) is 4.98 Å². The molecule has 1 saturated heterocycles. The number of methoxy groups -OCH3 is 3. The fourth-order valence-electron chi connectivity index (χ4n) is 10.3. The average Bonchev–Trinajstić information content (AvgIpc) is 3.96. The molecule has 2 amide bonds. The highest BCUT2D eigenvalue weighted by Gasteiger charge is 2.66. The minimum Gasteiger partial charge on any atom is -0.504 e. The van der Waals surface area contributed by atoms with Crippen molar-refractivity contribution in [2.45, 2.75) is 51.7 Å². The molecule has 6 heterocycles. The molecule has 0 radical (unpaired) electrons. The molecular formula is C46H43ClN8O9S. The number of phenolic OH excluding ortho intramolecular Hbond substituents is 1. The van der Waals surface area contributed by atoms with Crippen LogP contribution in [0, 0.1) is 18.3 Å². The quantitative estimate of drug-likeness (QED) is 0.143. The Morgan fingerprint density at radius 3 is 2.40 bits per heavy atom. The first-order valence-corrected chi connectivity index (χ1v) is 22.0. The number of allylic oxidation sites excluding steroid dienone is 2. The maximum Gasteiger partial charge on any atom is 0.347 e. The predicted octanol–water partition coefficient (Wildman–Crippen LogP) is 5.47. The number of amides is 2. The second-order valence-corrected chi connectivity index (χ2v) is 18.3. The van der Waals surface area contributed by atoms with Crippen molar-refractivity contribution in [3.05, 3.63) is 119 Å². The summed E-state index contributed by atoms with van der Waals surface area (Å²) < 4.78 is 24.2. The lowest BCUT2D eigenvalue weighted by atomic mass is 9.56. The second-order valence-electron chi connectivity index (χ2n) is 16.9. The molecule has 1 saturated carbocycles. The number of thiophene rings is 1. The molecule has 334 valence electrons. The monoisotopic (exact) mass is 918 g/mol. The topological polar surface area (TPSA) is 187 Å². The van der Waals surface area contributed by atoms with Gasteiger partial charge in [0.15, 0.2) is 23.0 Å². The summed E-state index contributed by atoms with van der Waals surface area (Å²) >= 11 is 7.88. The van der Waals surface area contributed by atoms with E-state index >= 15 is 9.59 Å². The maximum atomic E-state index is 15.3. The Bertz CT molecular complexity index is 3430. The molecule has 65 heavy (non-hydrogen) atoms. The third-order valence-electron chi connectivity index (χ3n) is 13.6. The fraction of sp³-hybridized carbons (Fsp3) is 0.326. The van der Waals surface area contributed by atoms with Crippen LogP contribution in [0.2, 0.25) is 5.02 Å². The highest BCUT2D eigenvalue weighted by atomic mass is 35.5. The Hall–Kier alpha value is -6.92. The van der Waals surface area contributed by atoms with E-state index in [1.54, 1.807) is 51.4 Å².